The molecule has 0 atom stereocenters. The molecule has 1 aromatic carbocycles. The molecule has 10 heteroatoms. The fraction of sp³-hybridized carbons (Fsp3) is 0.440. The highest BCUT2D eigenvalue weighted by Gasteiger charge is 2.80. The highest BCUT2D eigenvalue weighted by atomic mass is 32.1. The van der Waals surface area contributed by atoms with Crippen LogP contribution in [-0.4, -0.2) is 35.5 Å². The second-order valence-corrected chi connectivity index (χ2v) is 9.66. The zero-order valence-corrected chi connectivity index (χ0v) is 20.6. The van der Waals surface area contributed by atoms with E-state index in [0.717, 1.165) is 11.3 Å². The van der Waals surface area contributed by atoms with Crippen molar-refractivity contribution in [3.8, 4) is 0 Å². The number of ether oxygens (including phenoxy) is 2. The van der Waals surface area contributed by atoms with Crippen LogP contribution in [0.25, 0.3) is 22.0 Å². The fourth-order valence-corrected chi connectivity index (χ4v) is 5.67. The minimum Gasteiger partial charge on any atom is -0.348 e. The predicted molar refractivity (Wildman–Crippen MR) is 124 cm³/mol. The molecule has 0 fully saturated rings. The summed E-state index contributed by atoms with van der Waals surface area (Å²) in [7, 11) is 1.58. The molecule has 3 aromatic rings. The number of benzene rings is 1. The first-order valence-corrected chi connectivity index (χ1v) is 11.9. The molecule has 0 spiro atoms. The summed E-state index contributed by atoms with van der Waals surface area (Å²) in [6, 6.07) is 7.51. The van der Waals surface area contributed by atoms with Gasteiger partial charge in [-0.15, -0.1) is 11.3 Å². The minimum absolute atomic E-state index is 0.182. The van der Waals surface area contributed by atoms with Gasteiger partial charge in [-0.2, -0.15) is 26.3 Å². The van der Waals surface area contributed by atoms with Crippen LogP contribution in [0.1, 0.15) is 46.7 Å². The highest BCUT2D eigenvalue weighted by molar-refractivity contribution is 7.12. The van der Waals surface area contributed by atoms with Crippen LogP contribution in [-0.2, 0) is 16.5 Å². The molecule has 2 heterocycles. The van der Waals surface area contributed by atoms with Crippen molar-refractivity contribution in [1.82, 2.24) is 4.57 Å². The van der Waals surface area contributed by atoms with Crippen LogP contribution in [0.5, 0.6) is 0 Å². The predicted octanol–water partition coefficient (Wildman–Crippen LogP) is 7.76. The number of fused-ring (bicyclic) bond motifs is 1. The molecule has 35 heavy (non-hydrogen) atoms. The molecule has 0 amide bonds. The van der Waals surface area contributed by atoms with Gasteiger partial charge in [0.2, 0.25) is 0 Å². The molecule has 2 aromatic heterocycles. The Morgan fingerprint density at radius 3 is 2.09 bits per heavy atom. The lowest BCUT2D eigenvalue weighted by Crippen LogP contribution is -2.49. The fourth-order valence-electron chi connectivity index (χ4n) is 4.63. The van der Waals surface area contributed by atoms with Gasteiger partial charge in [0, 0.05) is 58.4 Å². The van der Waals surface area contributed by atoms with Crippen LogP contribution >= 0.6 is 11.3 Å². The second-order valence-electron chi connectivity index (χ2n) is 8.37. The van der Waals surface area contributed by atoms with E-state index in [0.29, 0.717) is 10.4 Å². The van der Waals surface area contributed by atoms with Crippen molar-refractivity contribution in [2.45, 2.75) is 51.8 Å². The van der Waals surface area contributed by atoms with Crippen LogP contribution in [0.15, 0.2) is 30.3 Å². The van der Waals surface area contributed by atoms with E-state index in [-0.39, 0.29) is 40.3 Å². The summed E-state index contributed by atoms with van der Waals surface area (Å²) in [5, 5.41) is 0.197. The number of halogens is 6. The van der Waals surface area contributed by atoms with E-state index in [4.69, 9.17) is 9.47 Å². The summed E-state index contributed by atoms with van der Waals surface area (Å²) < 4.78 is 104. The normalized spacial score (nSPS) is 18.9. The lowest BCUT2D eigenvalue weighted by molar-refractivity contribution is -0.254. The quantitative estimate of drug-likeness (QED) is 0.236. The molecule has 0 radical (unpaired) electrons. The maximum atomic E-state index is 15.4. The monoisotopic (exact) mass is 517 g/mol. The van der Waals surface area contributed by atoms with Crippen molar-refractivity contribution in [2.24, 2.45) is 7.05 Å². The van der Waals surface area contributed by atoms with Crippen molar-refractivity contribution >= 4 is 33.4 Å². The van der Waals surface area contributed by atoms with E-state index >= 15 is 17.6 Å². The Morgan fingerprint density at radius 1 is 0.914 bits per heavy atom. The Kier molecular flexibility index (Phi) is 6.39. The molecule has 190 valence electrons. The number of nitrogens with zero attached hydrogens (tertiary/aromatic N) is 1. The van der Waals surface area contributed by atoms with Gasteiger partial charge in [-0.25, -0.2) is 0 Å². The summed E-state index contributed by atoms with van der Waals surface area (Å²) >= 11 is 0.988. The summed E-state index contributed by atoms with van der Waals surface area (Å²) in [5.74, 6) is -15.9. The average molecular weight is 518 g/mol. The lowest BCUT2D eigenvalue weighted by Gasteiger charge is -2.26. The van der Waals surface area contributed by atoms with Gasteiger partial charge in [-0.1, -0.05) is 18.2 Å². The van der Waals surface area contributed by atoms with Crippen LogP contribution in [0, 0.1) is 13.8 Å². The number of alkyl halides is 6. The lowest BCUT2D eigenvalue weighted by atomic mass is 9.93. The first kappa shape index (κ1) is 25.8. The number of aryl methyl sites for hydroxylation is 2. The Balaban J connectivity index is 2.09. The number of aromatic nitrogens is 1. The maximum Gasteiger partial charge on any atom is 0.380 e. The summed E-state index contributed by atoms with van der Waals surface area (Å²) in [6.07, 6.45) is -0.929. The molecule has 0 unspecified atom stereocenters. The van der Waals surface area contributed by atoms with Crippen molar-refractivity contribution in [3.63, 3.8) is 0 Å². The van der Waals surface area contributed by atoms with Gasteiger partial charge in [0.1, 0.15) is 0 Å². The van der Waals surface area contributed by atoms with E-state index < -0.39 is 35.2 Å². The van der Waals surface area contributed by atoms with Gasteiger partial charge in [-0.3, -0.25) is 0 Å². The standard InChI is InChI=1S/C25H25F6NO2S/c1-6-33-22(34-7-2)18-12-16(14(4)35-18)20-21(24(28,29)25(30,31)23(20,26)27)19-13(3)32(5)17-11-9-8-10-15(17)19/h8-12,22H,6-7H2,1-5H3. The molecule has 0 bridgehead atoms. The third-order valence-electron chi connectivity index (χ3n) is 6.39. The van der Waals surface area contributed by atoms with E-state index in [1.54, 1.807) is 39.1 Å². The summed E-state index contributed by atoms with van der Waals surface area (Å²) in [5.41, 5.74) is -2.73. The highest BCUT2D eigenvalue weighted by Crippen LogP contribution is 2.66. The zero-order valence-electron chi connectivity index (χ0n) is 19.8. The summed E-state index contributed by atoms with van der Waals surface area (Å²) in [6.45, 7) is 6.80. The van der Waals surface area contributed by atoms with Gasteiger partial charge in [0.15, 0.2) is 6.29 Å². The maximum absolute atomic E-state index is 15.4. The molecule has 3 nitrogen and oxygen atoms in total. The number of rotatable bonds is 7. The molecule has 0 saturated heterocycles. The van der Waals surface area contributed by atoms with Crippen LogP contribution in [0.3, 0.4) is 0 Å². The topological polar surface area (TPSA) is 23.4 Å². The minimum atomic E-state index is -5.62. The van der Waals surface area contributed by atoms with Crippen molar-refractivity contribution < 1.29 is 35.8 Å². The number of hydrogen-bond donors (Lipinski definition) is 0. The van der Waals surface area contributed by atoms with Gasteiger partial charge in [0.25, 0.3) is 0 Å². The van der Waals surface area contributed by atoms with Crippen molar-refractivity contribution in [3.05, 3.63) is 56.9 Å². The van der Waals surface area contributed by atoms with Gasteiger partial charge in [0.05, 0.1) is 4.88 Å². The van der Waals surface area contributed by atoms with Gasteiger partial charge in [-0.05, 0) is 45.4 Å². The third kappa shape index (κ3) is 3.55. The summed E-state index contributed by atoms with van der Waals surface area (Å²) in [4.78, 5) is 0.514. The Hall–Kier alpha value is -2.30. The second kappa shape index (κ2) is 8.67. The molecule has 0 saturated carbocycles. The van der Waals surface area contributed by atoms with Crippen LogP contribution < -0.4 is 0 Å². The zero-order chi connectivity index (χ0) is 25.9. The molecule has 1 aliphatic carbocycles. The van der Waals surface area contributed by atoms with Crippen molar-refractivity contribution in [2.75, 3.05) is 13.2 Å². The molecule has 0 N–H and O–H groups in total. The van der Waals surface area contributed by atoms with Gasteiger partial charge >= 0.3 is 17.8 Å². The van der Waals surface area contributed by atoms with E-state index in [2.05, 4.69) is 0 Å². The third-order valence-corrected chi connectivity index (χ3v) is 7.46. The Labute approximate surface area is 202 Å². The molecular weight excluding hydrogens is 492 g/mol. The SMILES string of the molecule is CCOC(OCC)c1cc(C2=C(c3c(C)n(C)c4ccccc34)C(F)(F)C(F)(F)C2(F)F)c(C)s1. The average Bonchev–Trinajstić information content (AvgIpc) is 3.31. The van der Waals surface area contributed by atoms with E-state index in [1.807, 2.05) is 0 Å². The molecule has 4 rings (SSSR count). The van der Waals surface area contributed by atoms with Crippen molar-refractivity contribution in [1.29, 1.82) is 0 Å². The first-order chi connectivity index (χ1) is 16.3. The Morgan fingerprint density at radius 2 is 1.49 bits per heavy atom. The van der Waals surface area contributed by atoms with E-state index in [1.165, 1.54) is 30.5 Å². The Bertz CT molecular complexity index is 1300. The smallest absolute Gasteiger partial charge is 0.348 e. The molecule has 1 aliphatic rings. The van der Waals surface area contributed by atoms with Crippen LogP contribution in [0.4, 0.5) is 26.3 Å². The number of thiophene rings is 1. The number of para-hydroxylation sites is 1. The first-order valence-electron chi connectivity index (χ1n) is 11.1. The molecule has 0 aliphatic heterocycles. The largest absolute Gasteiger partial charge is 0.380 e. The van der Waals surface area contributed by atoms with E-state index in [9.17, 15) is 8.78 Å². The number of allylic oxidation sites excluding steroid dienone is 2. The number of hydrogen-bond acceptors (Lipinski definition) is 3. The van der Waals surface area contributed by atoms with Crippen LogP contribution in [0.2, 0.25) is 0 Å². The van der Waals surface area contributed by atoms with Gasteiger partial charge < -0.3 is 14.0 Å². The molecular formula is C25H25F6NO2S.